The van der Waals surface area contributed by atoms with E-state index in [0.717, 1.165) is 71.3 Å². The molecule has 6 heterocycles. The molecular weight excluding hydrogens is 548 g/mol. The van der Waals surface area contributed by atoms with E-state index < -0.39 is 5.25 Å². The number of anilines is 2. The van der Waals surface area contributed by atoms with Gasteiger partial charge in [-0.3, -0.25) is 14.7 Å². The molecule has 1 atom stereocenters. The molecule has 1 unspecified atom stereocenters. The minimum atomic E-state index is -0.419. The Labute approximate surface area is 240 Å². The lowest BCUT2D eigenvalue weighted by Gasteiger charge is -2.31. The third-order valence-corrected chi connectivity index (χ3v) is 9.46. The van der Waals surface area contributed by atoms with Gasteiger partial charge in [-0.15, -0.1) is 11.3 Å². The molecule has 3 N–H and O–H groups in total. The molecule has 2 aliphatic rings. The Bertz CT molecular complexity index is 1580. The van der Waals surface area contributed by atoms with Crippen LogP contribution in [0, 0.1) is 13.8 Å². The summed E-state index contributed by atoms with van der Waals surface area (Å²) in [5, 5.41) is 9.55. The number of aromatic nitrogens is 6. The zero-order chi connectivity index (χ0) is 28.0. The van der Waals surface area contributed by atoms with Crippen molar-refractivity contribution in [2.45, 2.75) is 43.6 Å². The number of rotatable bonds is 7. The topological polar surface area (TPSA) is 140 Å². The number of carbonyl (C=O) groups is 1. The second-order valence-corrected chi connectivity index (χ2v) is 12.6. The van der Waals surface area contributed by atoms with Gasteiger partial charge in [-0.05, 0) is 20.9 Å². The summed E-state index contributed by atoms with van der Waals surface area (Å²) in [4.78, 5) is 37.3. The average molecular weight is 581 g/mol. The molecule has 0 aromatic carbocycles. The summed E-state index contributed by atoms with van der Waals surface area (Å²) in [6.45, 7) is 9.39. The van der Waals surface area contributed by atoms with Crippen LogP contribution in [0.15, 0.2) is 17.4 Å². The fraction of sp³-hybridized carbons (Fsp3) is 0.462. The standard InChI is InChI=1S/C26H32N10O2S2/c1-14-10-28-18(15(2)21(14)38-4)13-36-22-20-17(33-36)9-19(40-24(20)32-25(27)30-22)23(37)31-26-29-11-16(39-26)12-35-7-5-34(3)6-8-35/h10-11,19H,5-9,12-13H2,1-4H3,(H2,27,30,32)(H,29,31,37). The van der Waals surface area contributed by atoms with Gasteiger partial charge >= 0.3 is 0 Å². The molecule has 0 bridgehead atoms. The van der Waals surface area contributed by atoms with E-state index in [4.69, 9.17) is 15.6 Å². The number of nitrogen functional groups attached to an aromatic ring is 1. The van der Waals surface area contributed by atoms with Crippen LogP contribution < -0.4 is 15.8 Å². The summed E-state index contributed by atoms with van der Waals surface area (Å²) in [5.41, 5.74) is 10.3. The first kappa shape index (κ1) is 26.9. The van der Waals surface area contributed by atoms with Gasteiger partial charge in [0.2, 0.25) is 11.9 Å². The molecule has 0 aliphatic carbocycles. The van der Waals surface area contributed by atoms with Crippen LogP contribution in [0.4, 0.5) is 11.1 Å². The van der Waals surface area contributed by atoms with E-state index in [1.165, 1.54) is 23.1 Å². The van der Waals surface area contributed by atoms with E-state index in [9.17, 15) is 4.79 Å². The summed E-state index contributed by atoms with van der Waals surface area (Å²) >= 11 is 2.91. The molecule has 1 fully saturated rings. The molecule has 0 radical (unpaired) electrons. The number of nitrogens with one attached hydrogen (secondary N) is 1. The zero-order valence-electron chi connectivity index (χ0n) is 23.0. The summed E-state index contributed by atoms with van der Waals surface area (Å²) in [6.07, 6.45) is 4.10. The largest absolute Gasteiger partial charge is 0.496 e. The minimum absolute atomic E-state index is 0.128. The quantitative estimate of drug-likeness (QED) is 0.311. The molecule has 210 valence electrons. The van der Waals surface area contributed by atoms with Gasteiger partial charge in [0.1, 0.15) is 10.8 Å². The number of pyridine rings is 1. The second kappa shape index (κ2) is 10.9. The van der Waals surface area contributed by atoms with Gasteiger partial charge < -0.3 is 20.7 Å². The second-order valence-electron chi connectivity index (χ2n) is 10.2. The highest BCUT2D eigenvalue weighted by Crippen LogP contribution is 2.39. The lowest BCUT2D eigenvalue weighted by molar-refractivity contribution is -0.115. The average Bonchev–Trinajstić information content (AvgIpc) is 3.51. The first-order chi connectivity index (χ1) is 19.3. The molecule has 1 saturated heterocycles. The Hall–Kier alpha value is -3.33. The van der Waals surface area contributed by atoms with E-state index in [0.29, 0.717) is 28.8 Å². The van der Waals surface area contributed by atoms with Crippen LogP contribution in [0.3, 0.4) is 0 Å². The van der Waals surface area contributed by atoms with E-state index >= 15 is 0 Å². The summed E-state index contributed by atoms with van der Waals surface area (Å²) < 4.78 is 7.37. The highest BCUT2D eigenvalue weighted by atomic mass is 32.2. The zero-order valence-corrected chi connectivity index (χ0v) is 24.6. The molecule has 40 heavy (non-hydrogen) atoms. The van der Waals surface area contributed by atoms with Crippen molar-refractivity contribution in [3.8, 4) is 5.75 Å². The third-order valence-electron chi connectivity index (χ3n) is 7.38. The maximum Gasteiger partial charge on any atom is 0.240 e. The van der Waals surface area contributed by atoms with Crippen LogP contribution in [0.25, 0.3) is 11.0 Å². The molecule has 6 rings (SSSR count). The minimum Gasteiger partial charge on any atom is -0.496 e. The molecule has 4 aromatic rings. The molecule has 0 spiro atoms. The van der Waals surface area contributed by atoms with Gasteiger partial charge in [-0.2, -0.15) is 10.1 Å². The lowest BCUT2D eigenvalue weighted by atomic mass is 10.1. The van der Waals surface area contributed by atoms with Crippen LogP contribution in [-0.2, 0) is 24.3 Å². The van der Waals surface area contributed by atoms with Gasteiger partial charge in [0, 0.05) is 67.5 Å². The van der Waals surface area contributed by atoms with Crippen LogP contribution in [0.1, 0.15) is 27.4 Å². The fourth-order valence-corrected chi connectivity index (χ4v) is 7.19. The SMILES string of the molecule is COc1c(C)cnc(Cn2nc3c4c(nc(N)nc42)SC(C(=O)Nc2ncc(CN4CCN(C)CC4)s2)C3)c1C. The first-order valence-corrected chi connectivity index (χ1v) is 14.8. The molecule has 1 amide bonds. The summed E-state index contributed by atoms with van der Waals surface area (Å²) in [5.74, 6) is 0.821. The van der Waals surface area contributed by atoms with Crippen LogP contribution in [0.2, 0.25) is 0 Å². The van der Waals surface area contributed by atoms with Crippen molar-refractivity contribution in [2.24, 2.45) is 0 Å². The van der Waals surface area contributed by atoms with Crippen molar-refractivity contribution >= 4 is 51.1 Å². The van der Waals surface area contributed by atoms with Crippen molar-refractivity contribution in [1.29, 1.82) is 0 Å². The highest BCUT2D eigenvalue weighted by molar-refractivity contribution is 8.00. The maximum atomic E-state index is 13.3. The summed E-state index contributed by atoms with van der Waals surface area (Å²) in [7, 11) is 3.81. The van der Waals surface area contributed by atoms with E-state index in [2.05, 4.69) is 42.1 Å². The number of thiazole rings is 1. The number of likely N-dealkylation sites (N-methyl/N-ethyl adjacent to an activating group) is 1. The third kappa shape index (κ3) is 5.23. The number of ether oxygens (including phenoxy) is 1. The number of nitrogens with two attached hydrogens (primary N) is 1. The van der Waals surface area contributed by atoms with Gasteiger partial charge in [0.25, 0.3) is 0 Å². The number of hydrogen-bond donors (Lipinski definition) is 2. The Balaban J connectivity index is 1.19. The number of hydrogen-bond acceptors (Lipinski definition) is 12. The van der Waals surface area contributed by atoms with Crippen molar-refractivity contribution < 1.29 is 9.53 Å². The van der Waals surface area contributed by atoms with Crippen molar-refractivity contribution in [2.75, 3.05) is 51.4 Å². The van der Waals surface area contributed by atoms with Crippen LogP contribution in [-0.4, -0.2) is 91.0 Å². The number of nitrogens with zero attached hydrogens (tertiary/aromatic N) is 8. The number of amides is 1. The fourth-order valence-electron chi connectivity index (χ4n) is 5.19. The molecular formula is C26H32N10O2S2. The Kier molecular flexibility index (Phi) is 7.33. The summed E-state index contributed by atoms with van der Waals surface area (Å²) in [6, 6.07) is 0. The molecule has 12 nitrogen and oxygen atoms in total. The number of methoxy groups -OCH3 is 1. The molecule has 14 heteroatoms. The van der Waals surface area contributed by atoms with Gasteiger partial charge in [-0.25, -0.2) is 14.6 Å². The van der Waals surface area contributed by atoms with E-state index in [1.807, 2.05) is 20.0 Å². The van der Waals surface area contributed by atoms with Crippen molar-refractivity contribution in [1.82, 2.24) is 39.5 Å². The van der Waals surface area contributed by atoms with Crippen LogP contribution in [0.5, 0.6) is 5.75 Å². The molecule has 4 aromatic heterocycles. The normalized spacial score (nSPS) is 17.9. The predicted molar refractivity (Wildman–Crippen MR) is 156 cm³/mol. The van der Waals surface area contributed by atoms with E-state index in [1.54, 1.807) is 18.0 Å². The van der Waals surface area contributed by atoms with Gasteiger partial charge in [0.05, 0.1) is 35.7 Å². The van der Waals surface area contributed by atoms with Crippen molar-refractivity contribution in [3.05, 3.63) is 39.8 Å². The number of piperazine rings is 1. The van der Waals surface area contributed by atoms with E-state index in [-0.39, 0.29) is 11.9 Å². The smallest absolute Gasteiger partial charge is 0.240 e. The lowest BCUT2D eigenvalue weighted by Crippen LogP contribution is -2.43. The highest BCUT2D eigenvalue weighted by Gasteiger charge is 2.33. The maximum absolute atomic E-state index is 13.3. The number of carbonyl (C=O) groups excluding carboxylic acids is 1. The van der Waals surface area contributed by atoms with Gasteiger partial charge in [0.15, 0.2) is 10.8 Å². The Morgan fingerprint density at radius 1 is 1.15 bits per heavy atom. The molecule has 0 saturated carbocycles. The monoisotopic (exact) mass is 580 g/mol. The Morgan fingerprint density at radius 2 is 1.95 bits per heavy atom. The Morgan fingerprint density at radius 3 is 2.73 bits per heavy atom. The van der Waals surface area contributed by atoms with Crippen LogP contribution >= 0.6 is 23.1 Å². The molecule has 2 aliphatic heterocycles. The first-order valence-electron chi connectivity index (χ1n) is 13.1. The van der Waals surface area contributed by atoms with Gasteiger partial charge in [-0.1, -0.05) is 11.8 Å². The number of aryl methyl sites for hydroxylation is 1. The van der Waals surface area contributed by atoms with Crippen molar-refractivity contribution in [3.63, 3.8) is 0 Å². The number of thioether (sulfide) groups is 1. The predicted octanol–water partition coefficient (Wildman–Crippen LogP) is 2.34.